The number of aromatic nitrogens is 4. The summed E-state index contributed by atoms with van der Waals surface area (Å²) in [5, 5.41) is 27.2. The number of hydrogen-bond donors (Lipinski definition) is 10. The number of aromatic amines is 2. The molecule has 2 aromatic heterocycles. The maximum atomic E-state index is 13.4. The van der Waals surface area contributed by atoms with Gasteiger partial charge in [0.15, 0.2) is 21.2 Å². The second-order valence-electron chi connectivity index (χ2n) is 22.3. The van der Waals surface area contributed by atoms with E-state index in [-0.39, 0.29) is 84.5 Å². The van der Waals surface area contributed by atoms with Crippen LogP contribution in [0, 0.1) is 36.0 Å². The predicted octanol–water partition coefficient (Wildman–Crippen LogP) is 8.89. The van der Waals surface area contributed by atoms with E-state index in [9.17, 15) is 19.7 Å². The van der Waals surface area contributed by atoms with E-state index in [2.05, 4.69) is 72.1 Å². The van der Waals surface area contributed by atoms with E-state index in [0.717, 1.165) is 53.4 Å². The molecule has 0 spiro atoms. The zero-order valence-electron chi connectivity index (χ0n) is 51.8. The van der Waals surface area contributed by atoms with Crippen molar-refractivity contribution in [1.82, 2.24) is 19.9 Å². The lowest BCUT2D eigenvalue weighted by Crippen LogP contribution is -2.44. The van der Waals surface area contributed by atoms with Crippen molar-refractivity contribution in [2.45, 2.75) is 161 Å². The second-order valence-corrected chi connectivity index (χ2v) is 25.7. The molecule has 86 heavy (non-hydrogen) atoms. The van der Waals surface area contributed by atoms with Gasteiger partial charge in [-0.15, -0.1) is 0 Å². The third-order valence-electron chi connectivity index (χ3n) is 15.2. The molecule has 1 aromatic carbocycles. The van der Waals surface area contributed by atoms with Crippen LogP contribution in [-0.4, -0.2) is 178 Å². The zero-order valence-corrected chi connectivity index (χ0v) is 55.2. The quantitative estimate of drug-likeness (QED) is 0.0143. The van der Waals surface area contributed by atoms with Gasteiger partial charge in [-0.3, -0.25) is 9.05 Å². The molecule has 0 fully saturated rings. The van der Waals surface area contributed by atoms with Crippen LogP contribution in [0.3, 0.4) is 0 Å². The standard InChI is InChI=1S/C56H98N10O16P2S2/c1-36(2)19-17-15-13-11-10-12-14-16-18-21-56(6)22-20-41-39(5)48(37(3)38(4)49(41)80-56)77-28-27-75-24-23-74-25-26-76-32-40(31-67)82-84(69,70)79-34-45(72-8)43(30-66-35-61-47-51(66)63-55(59)65-53(47)86)81-83(73-9)78-33-44(71-7)42(68)29-60-50-46(57)52(85)64-54(58)62-50/h36,40,42-45,61,67-68H,10-35,57H2,1-9H3,(H,69,70)(H3,59,63,65,86)(H4,58,60,62,64,85)/t40-,42?,43?,44?,45?,56-,83?/m1/s1. The number of rotatable bonds is 45. The Labute approximate surface area is 518 Å². The summed E-state index contributed by atoms with van der Waals surface area (Å²) in [6.45, 7) is 13.4. The van der Waals surface area contributed by atoms with Gasteiger partial charge in [0.1, 0.15) is 71.1 Å². The Hall–Kier alpha value is -3.64. The molecule has 0 bridgehead atoms. The van der Waals surface area contributed by atoms with Crippen LogP contribution in [0.1, 0.15) is 120 Å². The van der Waals surface area contributed by atoms with Gasteiger partial charge in [-0.1, -0.05) is 96.1 Å². The molecule has 0 amide bonds. The largest absolute Gasteiger partial charge is 0.491 e. The summed E-state index contributed by atoms with van der Waals surface area (Å²) in [5.74, 6) is 3.60. The SMILES string of the molecule is COC(COP(OC)OC(CN1CNc2c1[nH]c(N)nc2=S)C(COP(=O)(O)O[C@H](CO)COCCOCCOCCOc1c(C)c(C)c2c(c1C)CC[C@@](C)(CCCCCCCCCCCC(C)C)O2)OC)C(O)CNc1[nH]c(N)nc(=S)c1N. The molecular formula is C56H98N10O16P2S2. The van der Waals surface area contributed by atoms with E-state index in [1.807, 2.05) is 0 Å². The van der Waals surface area contributed by atoms with E-state index < -0.39 is 60.2 Å². The van der Waals surface area contributed by atoms with Gasteiger partial charge < -0.3 is 105 Å². The van der Waals surface area contributed by atoms with Crippen molar-refractivity contribution in [2.24, 2.45) is 5.92 Å². The van der Waals surface area contributed by atoms with Crippen molar-refractivity contribution in [3.8, 4) is 11.5 Å². The van der Waals surface area contributed by atoms with Crippen LogP contribution in [0.5, 0.6) is 11.5 Å². The summed E-state index contributed by atoms with van der Waals surface area (Å²) in [6, 6.07) is 0. The maximum Gasteiger partial charge on any atom is 0.472 e. The van der Waals surface area contributed by atoms with E-state index in [1.165, 1.54) is 91.1 Å². The normalized spacial score (nSPS) is 17.7. The summed E-state index contributed by atoms with van der Waals surface area (Å²) in [7, 11) is -3.00. The van der Waals surface area contributed by atoms with E-state index >= 15 is 0 Å². The summed E-state index contributed by atoms with van der Waals surface area (Å²) in [6.07, 6.45) is 10.9. The van der Waals surface area contributed by atoms with Crippen molar-refractivity contribution in [3.05, 3.63) is 31.5 Å². The molecule has 26 nitrogen and oxygen atoms in total. The molecule has 2 aliphatic rings. The maximum absolute atomic E-state index is 13.4. The summed E-state index contributed by atoms with van der Waals surface area (Å²) < 4.78 is 83.9. The van der Waals surface area contributed by atoms with Crippen LogP contribution in [0.4, 0.5) is 34.9 Å². The molecule has 0 saturated heterocycles. The third kappa shape index (κ3) is 23.6. The molecule has 490 valence electrons. The fraction of sp³-hybridized carbons (Fsp3) is 0.750. The molecule has 0 saturated carbocycles. The van der Waals surface area contributed by atoms with E-state index in [4.69, 9.17) is 97.4 Å². The highest BCUT2D eigenvalue weighted by Gasteiger charge is 2.37. The minimum atomic E-state index is -4.87. The van der Waals surface area contributed by atoms with Gasteiger partial charge in [0.25, 0.3) is 0 Å². The molecular weight excluding hydrogens is 1190 g/mol. The summed E-state index contributed by atoms with van der Waals surface area (Å²) in [4.78, 5) is 26.4. The number of phosphoric acid groups is 1. The number of nitrogens with one attached hydrogen (secondary N) is 4. The number of nitrogen functional groups attached to an aromatic ring is 3. The monoisotopic (exact) mass is 1290 g/mol. The van der Waals surface area contributed by atoms with Crippen LogP contribution in [0.2, 0.25) is 0 Å². The lowest BCUT2D eigenvalue weighted by atomic mass is 9.84. The van der Waals surface area contributed by atoms with Crippen LogP contribution < -0.4 is 42.2 Å². The Morgan fingerprint density at radius 1 is 0.814 bits per heavy atom. The van der Waals surface area contributed by atoms with Crippen LogP contribution in [0.15, 0.2) is 0 Å². The Kier molecular flexibility index (Phi) is 31.9. The molecule has 13 N–H and O–H groups in total. The molecule has 3 aromatic rings. The number of nitrogens with two attached hydrogens (primary N) is 3. The zero-order chi connectivity index (χ0) is 62.8. The van der Waals surface area contributed by atoms with Crippen LogP contribution in [0.25, 0.3) is 0 Å². The second kappa shape index (κ2) is 37.5. The van der Waals surface area contributed by atoms with Crippen LogP contribution >= 0.6 is 40.9 Å². The Morgan fingerprint density at radius 2 is 1.44 bits per heavy atom. The average Bonchev–Trinajstić information content (AvgIpc) is 1.08. The number of unbranched alkanes of at least 4 members (excludes halogenated alkanes) is 8. The molecule has 0 radical (unpaired) electrons. The average molecular weight is 1290 g/mol. The number of aliphatic hydroxyl groups excluding tert-OH is 2. The van der Waals surface area contributed by atoms with Gasteiger partial charge in [-0.05, 0) is 76.0 Å². The first-order chi connectivity index (χ1) is 41.1. The van der Waals surface area contributed by atoms with E-state index in [1.54, 1.807) is 4.90 Å². The Bertz CT molecular complexity index is 2690. The minimum absolute atomic E-state index is 0.0247. The van der Waals surface area contributed by atoms with Crippen LogP contribution in [-0.2, 0) is 57.3 Å². The van der Waals surface area contributed by atoms with Crippen molar-refractivity contribution in [1.29, 1.82) is 0 Å². The molecule has 2 aliphatic heterocycles. The molecule has 4 heterocycles. The van der Waals surface area contributed by atoms with Crippen molar-refractivity contribution in [3.63, 3.8) is 0 Å². The predicted molar refractivity (Wildman–Crippen MR) is 338 cm³/mol. The van der Waals surface area contributed by atoms with Crippen molar-refractivity contribution in [2.75, 3.05) is 140 Å². The highest BCUT2D eigenvalue weighted by atomic mass is 32.1. The first kappa shape index (κ1) is 73.1. The van der Waals surface area contributed by atoms with Gasteiger partial charge in [-0.2, -0.15) is 0 Å². The molecule has 0 aliphatic carbocycles. The number of methoxy groups -OCH3 is 2. The molecule has 5 rings (SSSR count). The molecule has 8 atom stereocenters. The van der Waals surface area contributed by atoms with Gasteiger partial charge in [0.2, 0.25) is 0 Å². The number of benzene rings is 1. The topological polar surface area (TPSA) is 351 Å². The fourth-order valence-corrected chi connectivity index (χ4v) is 12.4. The van der Waals surface area contributed by atoms with E-state index in [0.29, 0.717) is 37.9 Å². The minimum Gasteiger partial charge on any atom is -0.491 e. The number of fused-ring (bicyclic) bond motifs is 2. The first-order valence-corrected chi connectivity index (χ1v) is 33.1. The Morgan fingerprint density at radius 3 is 2.09 bits per heavy atom. The number of aliphatic hydroxyl groups is 2. The highest BCUT2D eigenvalue weighted by Crippen LogP contribution is 2.48. The third-order valence-corrected chi connectivity index (χ3v) is 17.9. The number of anilines is 6. The number of ether oxygens (including phenoxy) is 7. The van der Waals surface area contributed by atoms with Gasteiger partial charge in [0.05, 0.1) is 78.8 Å². The number of H-pyrrole nitrogens is 2. The fourth-order valence-electron chi connectivity index (χ4n) is 10.1. The summed E-state index contributed by atoms with van der Waals surface area (Å²) in [5.41, 5.74) is 22.9. The number of phosphoric ester groups is 1. The van der Waals surface area contributed by atoms with Gasteiger partial charge >= 0.3 is 16.4 Å². The van der Waals surface area contributed by atoms with Gasteiger partial charge in [0, 0.05) is 33.4 Å². The lowest BCUT2D eigenvalue weighted by Gasteiger charge is -2.38. The lowest BCUT2D eigenvalue weighted by molar-refractivity contribution is -0.0537. The molecule has 30 heteroatoms. The van der Waals surface area contributed by atoms with Crippen molar-refractivity contribution < 1.29 is 75.4 Å². The number of nitrogens with zero attached hydrogens (tertiary/aromatic N) is 3. The summed E-state index contributed by atoms with van der Waals surface area (Å²) >= 11 is 10.5. The molecule has 6 unspecified atom stereocenters. The first-order valence-electron chi connectivity index (χ1n) is 29.7. The smallest absolute Gasteiger partial charge is 0.472 e. The Balaban J connectivity index is 1.01. The van der Waals surface area contributed by atoms with Crippen molar-refractivity contribution >= 4 is 75.8 Å². The van der Waals surface area contributed by atoms with Gasteiger partial charge in [-0.25, -0.2) is 14.5 Å². The number of hydrogen-bond acceptors (Lipinski definition) is 25. The highest BCUT2D eigenvalue weighted by molar-refractivity contribution is 7.71.